The molecule has 0 aliphatic carbocycles. The lowest BCUT2D eigenvalue weighted by Gasteiger charge is -2.14. The van der Waals surface area contributed by atoms with E-state index in [0.717, 1.165) is 0 Å². The SMILES string of the molecule is COCC(CCl)Nc1cnccn1. The molecular weight excluding hydrogens is 190 g/mol. The number of ether oxygens (including phenoxy) is 1. The zero-order chi connectivity index (χ0) is 9.52. The highest BCUT2D eigenvalue weighted by Crippen LogP contribution is 2.02. The van der Waals surface area contributed by atoms with Gasteiger partial charge in [-0.25, -0.2) is 4.98 Å². The van der Waals surface area contributed by atoms with Crippen LogP contribution in [0.4, 0.5) is 5.82 Å². The number of anilines is 1. The number of alkyl halides is 1. The van der Waals surface area contributed by atoms with Crippen molar-refractivity contribution >= 4 is 17.4 Å². The maximum absolute atomic E-state index is 5.71. The molecule has 1 atom stereocenters. The molecule has 0 aromatic carbocycles. The van der Waals surface area contributed by atoms with Gasteiger partial charge < -0.3 is 10.1 Å². The van der Waals surface area contributed by atoms with Gasteiger partial charge in [0.05, 0.1) is 18.8 Å². The second kappa shape index (κ2) is 5.72. The minimum absolute atomic E-state index is 0.0726. The number of rotatable bonds is 5. The van der Waals surface area contributed by atoms with E-state index in [2.05, 4.69) is 15.3 Å². The third kappa shape index (κ3) is 3.57. The fourth-order valence-corrected chi connectivity index (χ4v) is 1.07. The predicted molar refractivity (Wildman–Crippen MR) is 52.0 cm³/mol. The number of halogens is 1. The largest absolute Gasteiger partial charge is 0.383 e. The molecular formula is C8H12ClN3O. The molecule has 0 radical (unpaired) electrons. The molecule has 72 valence electrons. The van der Waals surface area contributed by atoms with Crippen LogP contribution in [0.1, 0.15) is 0 Å². The van der Waals surface area contributed by atoms with E-state index in [0.29, 0.717) is 18.3 Å². The molecule has 0 fully saturated rings. The minimum Gasteiger partial charge on any atom is -0.383 e. The molecule has 1 N–H and O–H groups in total. The van der Waals surface area contributed by atoms with Crippen LogP contribution in [0.2, 0.25) is 0 Å². The van der Waals surface area contributed by atoms with Gasteiger partial charge in [0.2, 0.25) is 0 Å². The van der Waals surface area contributed by atoms with Crippen molar-refractivity contribution < 1.29 is 4.74 Å². The molecule has 1 unspecified atom stereocenters. The first kappa shape index (κ1) is 10.2. The Hall–Kier alpha value is -0.870. The van der Waals surface area contributed by atoms with Gasteiger partial charge in [-0.05, 0) is 0 Å². The molecule has 0 saturated carbocycles. The Balaban J connectivity index is 2.46. The number of methoxy groups -OCH3 is 1. The van der Waals surface area contributed by atoms with Gasteiger partial charge in [0.1, 0.15) is 5.82 Å². The number of hydrogen-bond acceptors (Lipinski definition) is 4. The maximum atomic E-state index is 5.71. The van der Waals surface area contributed by atoms with Gasteiger partial charge >= 0.3 is 0 Å². The Labute approximate surface area is 82.3 Å². The quantitative estimate of drug-likeness (QED) is 0.726. The average molecular weight is 202 g/mol. The lowest BCUT2D eigenvalue weighted by molar-refractivity contribution is 0.191. The Morgan fingerprint density at radius 3 is 3.00 bits per heavy atom. The van der Waals surface area contributed by atoms with Gasteiger partial charge in [0, 0.05) is 25.4 Å². The smallest absolute Gasteiger partial charge is 0.144 e. The second-order valence-corrected chi connectivity index (χ2v) is 2.85. The first-order valence-corrected chi connectivity index (χ1v) is 4.47. The van der Waals surface area contributed by atoms with Crippen molar-refractivity contribution in [2.24, 2.45) is 0 Å². The monoisotopic (exact) mass is 201 g/mol. The third-order valence-corrected chi connectivity index (χ3v) is 1.84. The zero-order valence-electron chi connectivity index (χ0n) is 7.40. The van der Waals surface area contributed by atoms with Crippen molar-refractivity contribution in [2.75, 3.05) is 24.9 Å². The zero-order valence-corrected chi connectivity index (χ0v) is 8.16. The highest BCUT2D eigenvalue weighted by atomic mass is 35.5. The summed E-state index contributed by atoms with van der Waals surface area (Å²) in [6.07, 6.45) is 4.90. The lowest BCUT2D eigenvalue weighted by Crippen LogP contribution is -2.27. The van der Waals surface area contributed by atoms with E-state index in [9.17, 15) is 0 Å². The molecule has 0 aliphatic rings. The van der Waals surface area contributed by atoms with E-state index in [4.69, 9.17) is 16.3 Å². The van der Waals surface area contributed by atoms with Crippen molar-refractivity contribution in [3.05, 3.63) is 18.6 Å². The summed E-state index contributed by atoms with van der Waals surface area (Å²) in [5, 5.41) is 3.10. The van der Waals surface area contributed by atoms with Crippen LogP contribution in [-0.4, -0.2) is 35.6 Å². The number of aromatic nitrogens is 2. The van der Waals surface area contributed by atoms with Crippen LogP contribution in [0.5, 0.6) is 0 Å². The van der Waals surface area contributed by atoms with Crippen LogP contribution >= 0.6 is 11.6 Å². The summed E-state index contributed by atoms with van der Waals surface area (Å²) in [5.41, 5.74) is 0. The summed E-state index contributed by atoms with van der Waals surface area (Å²) in [7, 11) is 1.64. The van der Waals surface area contributed by atoms with Gasteiger partial charge in [-0.1, -0.05) is 0 Å². The van der Waals surface area contributed by atoms with E-state index < -0.39 is 0 Å². The van der Waals surface area contributed by atoms with E-state index in [-0.39, 0.29) is 6.04 Å². The van der Waals surface area contributed by atoms with Gasteiger partial charge in [-0.2, -0.15) is 0 Å². The third-order valence-electron chi connectivity index (χ3n) is 1.47. The summed E-state index contributed by atoms with van der Waals surface area (Å²) in [5.74, 6) is 1.19. The van der Waals surface area contributed by atoms with Crippen LogP contribution < -0.4 is 5.32 Å². The molecule has 0 amide bonds. The normalized spacial score (nSPS) is 12.5. The average Bonchev–Trinajstić information content (AvgIpc) is 2.19. The number of nitrogens with one attached hydrogen (secondary N) is 1. The second-order valence-electron chi connectivity index (χ2n) is 2.54. The number of hydrogen-bond donors (Lipinski definition) is 1. The molecule has 5 heteroatoms. The van der Waals surface area contributed by atoms with Crippen LogP contribution in [0.25, 0.3) is 0 Å². The van der Waals surface area contributed by atoms with Gasteiger partial charge in [0.25, 0.3) is 0 Å². The highest BCUT2D eigenvalue weighted by Gasteiger charge is 2.06. The van der Waals surface area contributed by atoms with Crippen LogP contribution in [0, 0.1) is 0 Å². The van der Waals surface area contributed by atoms with Gasteiger partial charge in [-0.15, -0.1) is 11.6 Å². The van der Waals surface area contributed by atoms with Crippen LogP contribution in [0.15, 0.2) is 18.6 Å². The first-order chi connectivity index (χ1) is 6.36. The summed E-state index contributed by atoms with van der Waals surface area (Å²) >= 11 is 5.71. The van der Waals surface area contributed by atoms with Crippen LogP contribution in [0.3, 0.4) is 0 Å². The molecule has 1 aromatic heterocycles. The van der Waals surface area contributed by atoms with E-state index in [1.54, 1.807) is 25.7 Å². The molecule has 0 saturated heterocycles. The fourth-order valence-electron chi connectivity index (χ4n) is 0.909. The summed E-state index contributed by atoms with van der Waals surface area (Å²) in [4.78, 5) is 7.98. The van der Waals surface area contributed by atoms with Crippen LogP contribution in [-0.2, 0) is 4.74 Å². The van der Waals surface area contributed by atoms with Crippen molar-refractivity contribution in [1.29, 1.82) is 0 Å². The minimum atomic E-state index is 0.0726. The standard InChI is InChI=1S/C8H12ClN3O/c1-13-6-7(4-9)12-8-5-10-2-3-11-8/h2-3,5,7H,4,6H2,1H3,(H,11,12). The van der Waals surface area contributed by atoms with Crippen molar-refractivity contribution in [3.8, 4) is 0 Å². The summed E-state index contributed by atoms with van der Waals surface area (Å²) in [6.45, 7) is 0.556. The first-order valence-electron chi connectivity index (χ1n) is 3.94. The van der Waals surface area contributed by atoms with E-state index >= 15 is 0 Å². The highest BCUT2D eigenvalue weighted by molar-refractivity contribution is 6.18. The molecule has 4 nitrogen and oxygen atoms in total. The van der Waals surface area contributed by atoms with E-state index in [1.165, 1.54) is 0 Å². The fraction of sp³-hybridized carbons (Fsp3) is 0.500. The van der Waals surface area contributed by atoms with Crippen molar-refractivity contribution in [1.82, 2.24) is 9.97 Å². The molecule has 13 heavy (non-hydrogen) atoms. The molecule has 0 spiro atoms. The molecule has 1 rings (SSSR count). The van der Waals surface area contributed by atoms with Crippen molar-refractivity contribution in [3.63, 3.8) is 0 Å². The molecule has 1 aromatic rings. The molecule has 0 bridgehead atoms. The topological polar surface area (TPSA) is 47.0 Å². The van der Waals surface area contributed by atoms with E-state index in [1.807, 2.05) is 0 Å². The van der Waals surface area contributed by atoms with Gasteiger partial charge in [-0.3, -0.25) is 4.98 Å². The molecule has 1 heterocycles. The van der Waals surface area contributed by atoms with Gasteiger partial charge in [0.15, 0.2) is 0 Å². The predicted octanol–water partition coefficient (Wildman–Crippen LogP) is 1.14. The Bertz CT molecular complexity index is 232. The summed E-state index contributed by atoms with van der Waals surface area (Å²) < 4.78 is 4.97. The lowest BCUT2D eigenvalue weighted by atomic mass is 10.3. The molecule has 0 aliphatic heterocycles. The number of nitrogens with zero attached hydrogens (tertiary/aromatic N) is 2. The Kier molecular flexibility index (Phi) is 4.49. The maximum Gasteiger partial charge on any atom is 0.144 e. The Morgan fingerprint density at radius 2 is 2.46 bits per heavy atom. The Morgan fingerprint density at radius 1 is 1.62 bits per heavy atom. The van der Waals surface area contributed by atoms with Crippen molar-refractivity contribution in [2.45, 2.75) is 6.04 Å². The summed E-state index contributed by atoms with van der Waals surface area (Å²) in [6, 6.07) is 0.0726.